The van der Waals surface area contributed by atoms with Gasteiger partial charge in [0.25, 0.3) is 5.91 Å². The second-order valence-electron chi connectivity index (χ2n) is 9.06. The SMILES string of the molecule is Cc1cc(N2CCOCC2)nc(Nc2ccc(NC(=O)c3ccc4noc(-c5ccccc5)c4c3)cc2)n1. The maximum Gasteiger partial charge on any atom is 0.255 e. The van der Waals surface area contributed by atoms with Crippen molar-refractivity contribution in [2.24, 2.45) is 0 Å². The smallest absolute Gasteiger partial charge is 0.255 e. The first-order chi connectivity index (χ1) is 18.6. The number of hydrogen-bond acceptors (Lipinski definition) is 8. The van der Waals surface area contributed by atoms with Crippen LogP contribution in [0, 0.1) is 6.92 Å². The minimum absolute atomic E-state index is 0.218. The number of hydrogen-bond donors (Lipinski definition) is 2. The van der Waals surface area contributed by atoms with Crippen LogP contribution in [0.4, 0.5) is 23.1 Å². The minimum Gasteiger partial charge on any atom is -0.378 e. The van der Waals surface area contributed by atoms with Crippen LogP contribution >= 0.6 is 0 Å². The van der Waals surface area contributed by atoms with Gasteiger partial charge in [0.1, 0.15) is 11.3 Å². The lowest BCUT2D eigenvalue weighted by molar-refractivity contribution is 0.102. The normalized spacial score (nSPS) is 13.4. The highest BCUT2D eigenvalue weighted by Gasteiger charge is 2.16. The predicted octanol–water partition coefficient (Wildman–Crippen LogP) is 5.43. The molecule has 6 rings (SSSR count). The van der Waals surface area contributed by atoms with E-state index in [-0.39, 0.29) is 5.91 Å². The molecule has 1 fully saturated rings. The van der Waals surface area contributed by atoms with E-state index in [4.69, 9.17) is 9.26 Å². The summed E-state index contributed by atoms with van der Waals surface area (Å²) in [4.78, 5) is 24.4. The van der Waals surface area contributed by atoms with Crippen molar-refractivity contribution in [3.05, 3.63) is 90.1 Å². The van der Waals surface area contributed by atoms with E-state index in [1.165, 1.54) is 0 Å². The second-order valence-corrected chi connectivity index (χ2v) is 9.06. The molecule has 9 heteroatoms. The van der Waals surface area contributed by atoms with Crippen molar-refractivity contribution in [2.45, 2.75) is 6.92 Å². The number of carbonyl (C=O) groups excluding carboxylic acids is 1. The molecule has 0 bridgehead atoms. The Morgan fingerprint density at radius 3 is 2.45 bits per heavy atom. The van der Waals surface area contributed by atoms with Crippen molar-refractivity contribution in [1.82, 2.24) is 15.1 Å². The molecule has 1 aliphatic heterocycles. The van der Waals surface area contributed by atoms with Gasteiger partial charge in [-0.05, 0) is 49.4 Å². The van der Waals surface area contributed by atoms with Crippen LogP contribution < -0.4 is 15.5 Å². The number of aryl methyl sites for hydroxylation is 1. The average molecular weight is 507 g/mol. The molecule has 0 saturated carbocycles. The van der Waals surface area contributed by atoms with E-state index < -0.39 is 0 Å². The van der Waals surface area contributed by atoms with Crippen molar-refractivity contribution in [3.8, 4) is 11.3 Å². The van der Waals surface area contributed by atoms with Gasteiger partial charge in [0.2, 0.25) is 5.95 Å². The quantitative estimate of drug-likeness (QED) is 0.314. The molecule has 0 radical (unpaired) electrons. The van der Waals surface area contributed by atoms with Crippen LogP contribution in [-0.4, -0.2) is 47.3 Å². The van der Waals surface area contributed by atoms with E-state index in [9.17, 15) is 4.79 Å². The number of nitrogens with zero attached hydrogens (tertiary/aromatic N) is 4. The van der Waals surface area contributed by atoms with Gasteiger partial charge in [0.15, 0.2) is 5.76 Å². The summed E-state index contributed by atoms with van der Waals surface area (Å²) in [5.74, 6) is 1.83. The zero-order chi connectivity index (χ0) is 25.9. The van der Waals surface area contributed by atoms with Gasteiger partial charge in [0.05, 0.1) is 18.6 Å². The lowest BCUT2D eigenvalue weighted by Gasteiger charge is -2.28. The summed E-state index contributed by atoms with van der Waals surface area (Å²) in [7, 11) is 0. The van der Waals surface area contributed by atoms with E-state index in [2.05, 4.69) is 30.7 Å². The maximum absolute atomic E-state index is 13.0. The molecule has 0 unspecified atom stereocenters. The van der Waals surface area contributed by atoms with Gasteiger partial charge in [-0.3, -0.25) is 4.79 Å². The third-order valence-electron chi connectivity index (χ3n) is 6.35. The van der Waals surface area contributed by atoms with Gasteiger partial charge in [-0.1, -0.05) is 35.5 Å². The number of rotatable bonds is 6. The number of morpholine rings is 1. The molecule has 190 valence electrons. The van der Waals surface area contributed by atoms with Crippen LogP contribution in [0.15, 0.2) is 83.4 Å². The van der Waals surface area contributed by atoms with Crippen molar-refractivity contribution in [2.75, 3.05) is 41.8 Å². The van der Waals surface area contributed by atoms with E-state index in [0.717, 1.165) is 41.2 Å². The first-order valence-corrected chi connectivity index (χ1v) is 12.4. The maximum atomic E-state index is 13.0. The van der Waals surface area contributed by atoms with Crippen LogP contribution in [0.2, 0.25) is 0 Å². The van der Waals surface area contributed by atoms with Crippen LogP contribution in [0.1, 0.15) is 16.1 Å². The van der Waals surface area contributed by atoms with Crippen LogP contribution in [0.5, 0.6) is 0 Å². The standard InChI is InChI=1S/C29H26N6O3/c1-19-17-26(35-13-15-37-16-14-35)33-29(30-19)32-23-10-8-22(9-11-23)31-28(36)21-7-12-25-24(18-21)27(38-34-25)20-5-3-2-4-6-20/h2-12,17-18H,13-16H2,1H3,(H,31,36)(H,30,32,33). The number of nitrogens with one attached hydrogen (secondary N) is 2. The number of carbonyl (C=O) groups is 1. The Bertz CT molecular complexity index is 1580. The Morgan fingerprint density at radius 2 is 1.66 bits per heavy atom. The van der Waals surface area contributed by atoms with E-state index in [0.29, 0.717) is 41.7 Å². The van der Waals surface area contributed by atoms with Gasteiger partial charge in [-0.15, -0.1) is 0 Å². The number of benzene rings is 3. The highest BCUT2D eigenvalue weighted by atomic mass is 16.5. The molecule has 2 aromatic heterocycles. The van der Waals surface area contributed by atoms with Gasteiger partial charge in [-0.25, -0.2) is 4.98 Å². The van der Waals surface area contributed by atoms with Crippen molar-refractivity contribution in [3.63, 3.8) is 0 Å². The number of anilines is 4. The Labute approximate surface area is 219 Å². The molecule has 1 amide bonds. The fourth-order valence-electron chi connectivity index (χ4n) is 4.41. The van der Waals surface area contributed by atoms with Crippen molar-refractivity contribution >= 4 is 40.0 Å². The van der Waals surface area contributed by atoms with Crippen LogP contribution in [-0.2, 0) is 4.74 Å². The molecular weight excluding hydrogens is 480 g/mol. The molecule has 3 aromatic carbocycles. The molecule has 2 N–H and O–H groups in total. The first kappa shape index (κ1) is 23.6. The van der Waals surface area contributed by atoms with Crippen molar-refractivity contribution in [1.29, 1.82) is 0 Å². The summed E-state index contributed by atoms with van der Waals surface area (Å²) in [5, 5.41) is 11.1. The number of ether oxygens (including phenoxy) is 1. The van der Waals surface area contributed by atoms with E-state index in [1.54, 1.807) is 18.2 Å². The average Bonchev–Trinajstić information content (AvgIpc) is 3.38. The summed E-state index contributed by atoms with van der Waals surface area (Å²) in [6.07, 6.45) is 0. The molecular formula is C29H26N6O3. The zero-order valence-corrected chi connectivity index (χ0v) is 20.8. The number of fused-ring (bicyclic) bond motifs is 1. The predicted molar refractivity (Wildman–Crippen MR) is 147 cm³/mol. The van der Waals surface area contributed by atoms with Gasteiger partial charge >= 0.3 is 0 Å². The van der Waals surface area contributed by atoms with Crippen LogP contribution in [0.25, 0.3) is 22.2 Å². The van der Waals surface area contributed by atoms with Gasteiger partial charge in [-0.2, -0.15) is 4.98 Å². The fourth-order valence-corrected chi connectivity index (χ4v) is 4.41. The monoisotopic (exact) mass is 506 g/mol. The number of aromatic nitrogens is 3. The zero-order valence-electron chi connectivity index (χ0n) is 20.8. The molecule has 1 saturated heterocycles. The third kappa shape index (κ3) is 5.05. The van der Waals surface area contributed by atoms with Crippen molar-refractivity contribution < 1.29 is 14.1 Å². The van der Waals surface area contributed by atoms with Crippen LogP contribution in [0.3, 0.4) is 0 Å². The molecule has 5 aromatic rings. The van der Waals surface area contributed by atoms with E-state index in [1.807, 2.05) is 67.6 Å². The molecule has 1 aliphatic rings. The lowest BCUT2D eigenvalue weighted by atomic mass is 10.1. The highest BCUT2D eigenvalue weighted by molar-refractivity contribution is 6.07. The molecule has 3 heterocycles. The molecule has 38 heavy (non-hydrogen) atoms. The molecule has 9 nitrogen and oxygen atoms in total. The first-order valence-electron chi connectivity index (χ1n) is 12.4. The summed E-state index contributed by atoms with van der Waals surface area (Å²) < 4.78 is 11.0. The Kier molecular flexibility index (Phi) is 6.41. The summed E-state index contributed by atoms with van der Waals surface area (Å²) in [5.41, 5.74) is 4.50. The molecule has 0 spiro atoms. The Morgan fingerprint density at radius 1 is 0.895 bits per heavy atom. The highest BCUT2D eigenvalue weighted by Crippen LogP contribution is 2.29. The topological polar surface area (TPSA) is 105 Å². The summed E-state index contributed by atoms with van der Waals surface area (Å²) >= 11 is 0. The largest absolute Gasteiger partial charge is 0.378 e. The Balaban J connectivity index is 1.15. The van der Waals surface area contributed by atoms with E-state index >= 15 is 0 Å². The fraction of sp³-hybridized carbons (Fsp3) is 0.172. The summed E-state index contributed by atoms with van der Waals surface area (Å²) in [6, 6.07) is 24.5. The summed E-state index contributed by atoms with van der Waals surface area (Å²) in [6.45, 7) is 4.96. The molecule has 0 atom stereocenters. The minimum atomic E-state index is -0.218. The lowest BCUT2D eigenvalue weighted by Crippen LogP contribution is -2.36. The van der Waals surface area contributed by atoms with Gasteiger partial charge in [0, 0.05) is 47.4 Å². The molecule has 0 aliphatic carbocycles. The van der Waals surface area contributed by atoms with Gasteiger partial charge < -0.3 is 24.8 Å². The number of amides is 1. The third-order valence-corrected chi connectivity index (χ3v) is 6.35. The Hall–Kier alpha value is -4.76. The second kappa shape index (κ2) is 10.3.